The smallest absolute Gasteiger partial charge is 0.347 e. The van der Waals surface area contributed by atoms with Crippen molar-refractivity contribution in [3.05, 3.63) is 34.4 Å². The number of hydrogen-bond acceptors (Lipinski definition) is 2. The molecule has 4 fully saturated rings. The number of carbonyl (C=O) groups excluding carboxylic acids is 2. The minimum atomic E-state index is -4.38. The van der Waals surface area contributed by atoms with Crippen LogP contribution in [0, 0.1) is 22.5 Å². The van der Waals surface area contributed by atoms with E-state index in [2.05, 4.69) is 16.0 Å². The highest BCUT2D eigenvalue weighted by Crippen LogP contribution is 2.81. The third-order valence-corrected chi connectivity index (χ3v) is 6.38. The summed E-state index contributed by atoms with van der Waals surface area (Å²) in [4.78, 5) is 23.7. The predicted octanol–water partition coefficient (Wildman–Crippen LogP) is 3.19. The van der Waals surface area contributed by atoms with Crippen LogP contribution in [0.25, 0.3) is 0 Å². The lowest BCUT2D eigenvalue weighted by Gasteiger charge is -2.73. The molecule has 1 saturated heterocycles. The molecular formula is C17H15ClF5N3O2. The lowest BCUT2D eigenvalue weighted by molar-refractivity contribution is -0.370. The Morgan fingerprint density at radius 1 is 1.25 bits per heavy atom. The average Bonchev–Trinajstić information content (AvgIpc) is 2.95. The molecule has 5 nitrogen and oxygen atoms in total. The lowest BCUT2D eigenvalue weighted by atomic mass is 9.32. The molecule has 5 rings (SSSR count). The predicted molar refractivity (Wildman–Crippen MR) is 87.3 cm³/mol. The van der Waals surface area contributed by atoms with Crippen LogP contribution >= 0.6 is 11.6 Å². The molecule has 0 aromatic heterocycles. The standard InChI is InChI=1S/C17H15ClF5N3O2/c18-10-8(19)2-1-7(11(10)20)12(26-13(27)9-3-24-14(28)25-9)15-4-16(5-15,6-15)17(21,22)23/h1-2,9,12H,3-6H2,(H,26,27)(H2,24,25,28)/t9-,12?,15?,16?/m0/s1. The van der Waals surface area contributed by atoms with Crippen molar-refractivity contribution in [3.8, 4) is 0 Å². The molecule has 0 radical (unpaired) electrons. The number of carbonyl (C=O) groups is 2. The molecule has 1 unspecified atom stereocenters. The molecular weight excluding hydrogens is 409 g/mol. The fraction of sp³-hybridized carbons (Fsp3) is 0.529. The lowest BCUT2D eigenvalue weighted by Crippen LogP contribution is -2.72. The molecule has 0 spiro atoms. The van der Waals surface area contributed by atoms with E-state index in [0.717, 1.165) is 12.1 Å². The Hall–Kier alpha value is -2.10. The van der Waals surface area contributed by atoms with E-state index in [4.69, 9.17) is 11.6 Å². The van der Waals surface area contributed by atoms with Gasteiger partial charge in [0.15, 0.2) is 0 Å². The average molecular weight is 424 g/mol. The van der Waals surface area contributed by atoms with Gasteiger partial charge >= 0.3 is 12.2 Å². The second-order valence-corrected chi connectivity index (χ2v) is 8.16. The maximum Gasteiger partial charge on any atom is 0.394 e. The van der Waals surface area contributed by atoms with Gasteiger partial charge in [-0.3, -0.25) is 4.79 Å². The van der Waals surface area contributed by atoms with Gasteiger partial charge < -0.3 is 16.0 Å². The molecule has 1 aliphatic heterocycles. The Morgan fingerprint density at radius 3 is 2.43 bits per heavy atom. The van der Waals surface area contributed by atoms with E-state index in [-0.39, 0.29) is 31.4 Å². The SMILES string of the molecule is O=C1NC[C@@H](C(=O)NC(c2ccc(F)c(Cl)c2F)C23CC(C(F)(F)F)(C2)C3)N1. The molecule has 28 heavy (non-hydrogen) atoms. The summed E-state index contributed by atoms with van der Waals surface area (Å²) in [6, 6.07) is -0.649. The third kappa shape index (κ3) is 2.64. The zero-order valence-corrected chi connectivity index (χ0v) is 15.0. The van der Waals surface area contributed by atoms with E-state index in [9.17, 15) is 31.5 Å². The van der Waals surface area contributed by atoms with E-state index >= 15 is 0 Å². The molecule has 2 bridgehead atoms. The topological polar surface area (TPSA) is 70.2 Å². The van der Waals surface area contributed by atoms with E-state index < -0.39 is 57.7 Å². The Bertz CT molecular complexity index is 855. The molecule has 3 aliphatic carbocycles. The van der Waals surface area contributed by atoms with Crippen LogP contribution in [0.5, 0.6) is 0 Å². The van der Waals surface area contributed by atoms with Crippen LogP contribution in [0.15, 0.2) is 12.1 Å². The summed E-state index contributed by atoms with van der Waals surface area (Å²) in [5.41, 5.74) is -2.99. The largest absolute Gasteiger partial charge is 0.394 e. The highest BCUT2D eigenvalue weighted by molar-refractivity contribution is 6.31. The molecule has 1 aromatic rings. The zero-order chi connectivity index (χ0) is 20.5. The van der Waals surface area contributed by atoms with Gasteiger partial charge in [-0.15, -0.1) is 0 Å². The van der Waals surface area contributed by atoms with E-state index in [0.29, 0.717) is 0 Å². The number of urea groups is 1. The van der Waals surface area contributed by atoms with Crippen LogP contribution in [-0.2, 0) is 4.79 Å². The Kier molecular flexibility index (Phi) is 4.08. The van der Waals surface area contributed by atoms with Gasteiger partial charge in [-0.1, -0.05) is 17.7 Å². The molecule has 152 valence electrons. The second kappa shape index (κ2) is 5.95. The van der Waals surface area contributed by atoms with Gasteiger partial charge in [0, 0.05) is 12.1 Å². The molecule has 11 heteroatoms. The van der Waals surface area contributed by atoms with Gasteiger partial charge in [-0.2, -0.15) is 13.2 Å². The summed E-state index contributed by atoms with van der Waals surface area (Å²) < 4.78 is 67.8. The summed E-state index contributed by atoms with van der Waals surface area (Å²) in [5, 5.41) is 6.51. The Balaban J connectivity index is 1.63. The van der Waals surface area contributed by atoms with Crippen molar-refractivity contribution in [3.63, 3.8) is 0 Å². The van der Waals surface area contributed by atoms with Crippen molar-refractivity contribution < 1.29 is 31.5 Å². The van der Waals surface area contributed by atoms with Crippen molar-refractivity contribution in [2.45, 2.75) is 37.5 Å². The highest BCUT2D eigenvalue weighted by Gasteiger charge is 2.80. The Morgan fingerprint density at radius 2 is 1.89 bits per heavy atom. The molecule has 1 heterocycles. The van der Waals surface area contributed by atoms with Crippen molar-refractivity contribution in [2.75, 3.05) is 6.54 Å². The van der Waals surface area contributed by atoms with Crippen LogP contribution in [0.4, 0.5) is 26.7 Å². The molecule has 2 atom stereocenters. The van der Waals surface area contributed by atoms with Gasteiger partial charge in [-0.25, -0.2) is 13.6 Å². The zero-order valence-electron chi connectivity index (χ0n) is 14.2. The van der Waals surface area contributed by atoms with Gasteiger partial charge in [0.1, 0.15) is 22.7 Å². The van der Waals surface area contributed by atoms with Crippen LogP contribution < -0.4 is 16.0 Å². The maximum absolute atomic E-state index is 14.6. The quantitative estimate of drug-likeness (QED) is 0.514. The van der Waals surface area contributed by atoms with E-state index in [1.54, 1.807) is 0 Å². The molecule has 3 saturated carbocycles. The van der Waals surface area contributed by atoms with Crippen LogP contribution in [-0.4, -0.2) is 30.7 Å². The van der Waals surface area contributed by atoms with Gasteiger partial charge in [0.2, 0.25) is 5.91 Å². The molecule has 1 aromatic carbocycles. The fourth-order valence-corrected chi connectivity index (χ4v) is 4.83. The summed E-state index contributed by atoms with van der Waals surface area (Å²) in [6.07, 6.45) is -5.18. The van der Waals surface area contributed by atoms with Crippen molar-refractivity contribution in [2.24, 2.45) is 10.8 Å². The van der Waals surface area contributed by atoms with E-state index in [1.165, 1.54) is 0 Å². The van der Waals surface area contributed by atoms with Crippen LogP contribution in [0.3, 0.4) is 0 Å². The van der Waals surface area contributed by atoms with Crippen molar-refractivity contribution in [1.29, 1.82) is 0 Å². The number of rotatable bonds is 4. The normalized spacial score (nSPS) is 31.9. The highest BCUT2D eigenvalue weighted by atomic mass is 35.5. The summed E-state index contributed by atoms with van der Waals surface area (Å²) in [7, 11) is 0. The number of amides is 3. The molecule has 4 aliphatic rings. The first-order chi connectivity index (χ1) is 13.0. The summed E-state index contributed by atoms with van der Waals surface area (Å²) in [5.74, 6) is -2.80. The fourth-order valence-electron chi connectivity index (χ4n) is 4.65. The number of benzene rings is 1. The minimum Gasteiger partial charge on any atom is -0.347 e. The maximum atomic E-state index is 14.6. The van der Waals surface area contributed by atoms with Crippen LogP contribution in [0.2, 0.25) is 5.02 Å². The van der Waals surface area contributed by atoms with E-state index in [1.807, 2.05) is 0 Å². The van der Waals surface area contributed by atoms with Gasteiger partial charge in [0.05, 0.1) is 11.5 Å². The summed E-state index contributed by atoms with van der Waals surface area (Å²) >= 11 is 5.62. The third-order valence-electron chi connectivity index (χ3n) is 6.04. The number of alkyl halides is 3. The summed E-state index contributed by atoms with van der Waals surface area (Å²) in [6.45, 7) is -0.0104. The minimum absolute atomic E-state index is 0.0104. The number of hydrogen-bond donors (Lipinski definition) is 3. The van der Waals surface area contributed by atoms with Crippen LogP contribution in [0.1, 0.15) is 30.9 Å². The Labute approximate surface area is 161 Å². The number of nitrogens with one attached hydrogen (secondary N) is 3. The van der Waals surface area contributed by atoms with Gasteiger partial charge in [0.25, 0.3) is 0 Å². The molecule has 3 N–H and O–H groups in total. The monoisotopic (exact) mass is 423 g/mol. The van der Waals surface area contributed by atoms with Gasteiger partial charge in [-0.05, 0) is 30.7 Å². The van der Waals surface area contributed by atoms with Crippen molar-refractivity contribution >= 4 is 23.5 Å². The number of halogens is 6. The first-order valence-corrected chi connectivity index (χ1v) is 8.91. The molecule has 3 amide bonds. The second-order valence-electron chi connectivity index (χ2n) is 7.78. The first kappa shape index (κ1) is 19.2. The first-order valence-electron chi connectivity index (χ1n) is 8.53. The van der Waals surface area contributed by atoms with Crippen molar-refractivity contribution in [1.82, 2.24) is 16.0 Å².